The van der Waals surface area contributed by atoms with Crippen molar-refractivity contribution < 1.29 is 5.11 Å². The van der Waals surface area contributed by atoms with Gasteiger partial charge in [0.05, 0.1) is 0 Å². The van der Waals surface area contributed by atoms with Crippen molar-refractivity contribution in [3.8, 4) is 5.75 Å². The van der Waals surface area contributed by atoms with Gasteiger partial charge in [-0.3, -0.25) is 4.90 Å². The van der Waals surface area contributed by atoms with Crippen molar-refractivity contribution in [3.05, 3.63) is 28.2 Å². The molecular weight excluding hydrogens is 304 g/mol. The third-order valence-electron chi connectivity index (χ3n) is 4.16. The van der Waals surface area contributed by atoms with E-state index in [9.17, 15) is 5.11 Å². The molecule has 0 bridgehead atoms. The van der Waals surface area contributed by atoms with Crippen LogP contribution in [-0.4, -0.2) is 29.6 Å². The third kappa shape index (κ3) is 3.30. The molecule has 3 N–H and O–H groups in total. The maximum atomic E-state index is 10.1. The molecule has 4 heteroatoms. The molecule has 0 amide bonds. The lowest BCUT2D eigenvalue weighted by molar-refractivity contribution is 0.153. The van der Waals surface area contributed by atoms with Crippen LogP contribution in [0.1, 0.15) is 37.8 Å². The fourth-order valence-corrected chi connectivity index (χ4v) is 3.30. The fraction of sp³-hybridized carbons (Fsp3) is 0.600. The summed E-state index contributed by atoms with van der Waals surface area (Å²) in [4.78, 5) is 2.35. The zero-order valence-electron chi connectivity index (χ0n) is 11.6. The number of benzene rings is 1. The number of hydrogen-bond donors (Lipinski definition) is 2. The summed E-state index contributed by atoms with van der Waals surface area (Å²) >= 11 is 3.48. The molecule has 0 heterocycles. The van der Waals surface area contributed by atoms with Crippen LogP contribution in [0.2, 0.25) is 0 Å². The van der Waals surface area contributed by atoms with Crippen molar-refractivity contribution in [1.29, 1.82) is 0 Å². The van der Waals surface area contributed by atoms with Gasteiger partial charge in [-0.05, 0) is 50.4 Å². The molecule has 0 aliphatic heterocycles. The normalized spacial score (nSPS) is 18.6. The second-order valence-corrected chi connectivity index (χ2v) is 6.35. The maximum absolute atomic E-state index is 10.1. The van der Waals surface area contributed by atoms with Crippen molar-refractivity contribution in [1.82, 2.24) is 4.90 Å². The molecule has 0 radical (unpaired) electrons. The topological polar surface area (TPSA) is 49.5 Å². The zero-order chi connectivity index (χ0) is 14.0. The van der Waals surface area contributed by atoms with E-state index in [0.29, 0.717) is 18.3 Å². The Morgan fingerprint density at radius 3 is 2.68 bits per heavy atom. The lowest BCUT2D eigenvalue weighted by Gasteiger charge is -2.35. The molecule has 2 rings (SSSR count). The quantitative estimate of drug-likeness (QED) is 0.843. The van der Waals surface area contributed by atoms with Gasteiger partial charge in [-0.1, -0.05) is 22.9 Å². The largest absolute Gasteiger partial charge is 0.508 e. The van der Waals surface area contributed by atoms with Gasteiger partial charge >= 0.3 is 0 Å². The van der Waals surface area contributed by atoms with Crippen LogP contribution in [0, 0.1) is 5.92 Å². The summed E-state index contributed by atoms with van der Waals surface area (Å²) < 4.78 is 1.00. The highest BCUT2D eigenvalue weighted by Crippen LogP contribution is 2.40. The number of phenols is 1. The average Bonchev–Trinajstić information content (AvgIpc) is 3.20. The predicted octanol–water partition coefficient (Wildman–Crippen LogP) is 3.27. The summed E-state index contributed by atoms with van der Waals surface area (Å²) in [6.07, 6.45) is 3.53. The molecule has 1 aliphatic carbocycles. The number of halogens is 1. The fourth-order valence-electron chi connectivity index (χ4n) is 2.92. The number of hydrogen-bond acceptors (Lipinski definition) is 3. The van der Waals surface area contributed by atoms with E-state index in [1.807, 2.05) is 12.1 Å². The Labute approximate surface area is 123 Å². The van der Waals surface area contributed by atoms with Gasteiger partial charge in [-0.2, -0.15) is 0 Å². The molecule has 19 heavy (non-hydrogen) atoms. The van der Waals surface area contributed by atoms with Crippen LogP contribution in [-0.2, 0) is 0 Å². The molecule has 1 saturated carbocycles. The monoisotopic (exact) mass is 326 g/mol. The first-order valence-electron chi connectivity index (χ1n) is 6.98. The zero-order valence-corrected chi connectivity index (χ0v) is 13.2. The van der Waals surface area contributed by atoms with Crippen molar-refractivity contribution >= 4 is 15.9 Å². The van der Waals surface area contributed by atoms with Crippen LogP contribution in [0.15, 0.2) is 22.7 Å². The van der Waals surface area contributed by atoms with E-state index < -0.39 is 0 Å². The Bertz CT molecular complexity index is 434. The molecule has 2 atom stereocenters. The number of aromatic hydroxyl groups is 1. The van der Waals surface area contributed by atoms with Gasteiger partial charge in [0.2, 0.25) is 0 Å². The van der Waals surface area contributed by atoms with Gasteiger partial charge in [-0.15, -0.1) is 0 Å². The minimum absolute atomic E-state index is 0.214. The van der Waals surface area contributed by atoms with Crippen LogP contribution in [0.4, 0.5) is 0 Å². The van der Waals surface area contributed by atoms with E-state index >= 15 is 0 Å². The number of nitrogens with zero attached hydrogens (tertiary/aromatic N) is 1. The van der Waals surface area contributed by atoms with Gasteiger partial charge in [0, 0.05) is 28.7 Å². The van der Waals surface area contributed by atoms with E-state index in [0.717, 1.165) is 22.4 Å². The average molecular weight is 327 g/mol. The van der Waals surface area contributed by atoms with Crippen molar-refractivity contribution in [2.24, 2.45) is 11.7 Å². The Kier molecular flexibility index (Phi) is 4.87. The summed E-state index contributed by atoms with van der Waals surface area (Å²) in [6.45, 7) is 2.84. The molecule has 1 fully saturated rings. The predicted molar refractivity (Wildman–Crippen MR) is 82.2 cm³/mol. The highest BCUT2D eigenvalue weighted by molar-refractivity contribution is 9.10. The highest BCUT2D eigenvalue weighted by atomic mass is 79.9. The van der Waals surface area contributed by atoms with Crippen LogP contribution in [0.5, 0.6) is 5.75 Å². The Morgan fingerprint density at radius 2 is 2.16 bits per heavy atom. The van der Waals surface area contributed by atoms with E-state index in [1.165, 1.54) is 12.8 Å². The summed E-state index contributed by atoms with van der Waals surface area (Å²) in [6, 6.07) is 6.27. The van der Waals surface area contributed by atoms with E-state index in [-0.39, 0.29) is 6.04 Å². The van der Waals surface area contributed by atoms with Crippen molar-refractivity contribution in [3.63, 3.8) is 0 Å². The molecule has 3 nitrogen and oxygen atoms in total. The van der Waals surface area contributed by atoms with Gasteiger partial charge in [0.25, 0.3) is 0 Å². The Hall–Kier alpha value is -0.580. The summed E-state index contributed by atoms with van der Waals surface area (Å²) in [7, 11) is 2.13. The molecule has 1 aromatic carbocycles. The van der Waals surface area contributed by atoms with Crippen LogP contribution in [0.3, 0.4) is 0 Å². The Morgan fingerprint density at radius 1 is 1.47 bits per heavy atom. The van der Waals surface area contributed by atoms with Gasteiger partial charge in [0.15, 0.2) is 0 Å². The standard InChI is InChI=1S/C15H23BrN2O/c1-3-13(12-8-11(16)6-7-15(12)19)18(2)14(9-17)10-4-5-10/h6-8,10,13-14,19H,3-5,9,17H2,1-2H3. The lowest BCUT2D eigenvalue weighted by Crippen LogP contribution is -2.41. The molecular formula is C15H23BrN2O. The molecule has 1 aliphatic rings. The third-order valence-corrected chi connectivity index (χ3v) is 4.65. The number of rotatable bonds is 6. The first kappa shape index (κ1) is 14.8. The maximum Gasteiger partial charge on any atom is 0.120 e. The second-order valence-electron chi connectivity index (χ2n) is 5.43. The molecule has 106 valence electrons. The molecule has 1 aromatic rings. The minimum Gasteiger partial charge on any atom is -0.508 e. The highest BCUT2D eigenvalue weighted by Gasteiger charge is 2.35. The minimum atomic E-state index is 0.214. The molecule has 0 saturated heterocycles. The van der Waals surface area contributed by atoms with Crippen LogP contribution < -0.4 is 5.73 Å². The van der Waals surface area contributed by atoms with Gasteiger partial charge in [0.1, 0.15) is 5.75 Å². The number of likely N-dealkylation sites (N-methyl/N-ethyl adjacent to an activating group) is 1. The van der Waals surface area contributed by atoms with E-state index in [2.05, 4.69) is 34.8 Å². The lowest BCUT2D eigenvalue weighted by atomic mass is 9.99. The van der Waals surface area contributed by atoms with Gasteiger partial charge in [-0.25, -0.2) is 0 Å². The Balaban J connectivity index is 2.24. The van der Waals surface area contributed by atoms with E-state index in [1.54, 1.807) is 6.07 Å². The summed E-state index contributed by atoms with van der Waals surface area (Å²) in [5, 5.41) is 10.1. The summed E-state index contributed by atoms with van der Waals surface area (Å²) in [5.74, 6) is 1.10. The molecule has 2 unspecified atom stereocenters. The second kappa shape index (κ2) is 6.25. The number of phenolic OH excluding ortho intramolecular Hbond substituents is 1. The van der Waals surface area contributed by atoms with Crippen LogP contribution in [0.25, 0.3) is 0 Å². The van der Waals surface area contributed by atoms with Crippen LogP contribution >= 0.6 is 15.9 Å². The molecule has 0 spiro atoms. The molecule has 0 aromatic heterocycles. The van der Waals surface area contributed by atoms with Crippen molar-refractivity contribution in [2.45, 2.75) is 38.3 Å². The SMILES string of the molecule is CCC(c1cc(Br)ccc1O)N(C)C(CN)C1CC1. The number of nitrogens with two attached hydrogens (primary N) is 1. The van der Waals surface area contributed by atoms with Gasteiger partial charge < -0.3 is 10.8 Å². The first-order chi connectivity index (χ1) is 9.08. The first-order valence-corrected chi connectivity index (χ1v) is 7.78. The van der Waals surface area contributed by atoms with Crippen molar-refractivity contribution in [2.75, 3.05) is 13.6 Å². The van der Waals surface area contributed by atoms with E-state index in [4.69, 9.17) is 5.73 Å². The smallest absolute Gasteiger partial charge is 0.120 e. The summed E-state index contributed by atoms with van der Waals surface area (Å²) in [5.41, 5.74) is 6.92.